The van der Waals surface area contributed by atoms with E-state index in [2.05, 4.69) is 31.4 Å². The van der Waals surface area contributed by atoms with Crippen molar-refractivity contribution < 1.29 is 4.79 Å². The van der Waals surface area contributed by atoms with Gasteiger partial charge in [0.05, 0.1) is 6.54 Å². The number of carbonyl (C=O) groups is 1. The molecule has 0 spiro atoms. The van der Waals surface area contributed by atoms with E-state index in [4.69, 9.17) is 0 Å². The zero-order valence-corrected chi connectivity index (χ0v) is 10.1. The lowest BCUT2D eigenvalue weighted by Gasteiger charge is -2.16. The molecular weight excluding hydrogens is 176 g/mol. The van der Waals surface area contributed by atoms with Crippen molar-refractivity contribution in [1.82, 2.24) is 10.6 Å². The first-order valence-electron chi connectivity index (χ1n) is 5.44. The Hall–Kier alpha value is -0.570. The van der Waals surface area contributed by atoms with Gasteiger partial charge in [-0.3, -0.25) is 4.79 Å². The van der Waals surface area contributed by atoms with Crippen molar-refractivity contribution in [3.8, 4) is 0 Å². The summed E-state index contributed by atoms with van der Waals surface area (Å²) in [5.41, 5.74) is 0. The van der Waals surface area contributed by atoms with Crippen LogP contribution in [0.25, 0.3) is 0 Å². The molecular formula is C11H24N2O. The van der Waals surface area contributed by atoms with Crippen LogP contribution < -0.4 is 10.6 Å². The van der Waals surface area contributed by atoms with E-state index in [0.29, 0.717) is 18.5 Å². The smallest absolute Gasteiger partial charge is 0.234 e. The third-order valence-corrected chi connectivity index (χ3v) is 1.89. The van der Waals surface area contributed by atoms with Gasteiger partial charge in [0.2, 0.25) is 5.91 Å². The fourth-order valence-electron chi connectivity index (χ4n) is 1.43. The van der Waals surface area contributed by atoms with E-state index in [1.54, 1.807) is 0 Å². The third-order valence-electron chi connectivity index (χ3n) is 1.89. The van der Waals surface area contributed by atoms with Gasteiger partial charge in [-0.1, -0.05) is 13.8 Å². The van der Waals surface area contributed by atoms with Gasteiger partial charge < -0.3 is 10.6 Å². The molecule has 0 saturated carbocycles. The molecule has 3 heteroatoms. The maximum atomic E-state index is 11.3. The first-order chi connectivity index (χ1) is 6.41. The van der Waals surface area contributed by atoms with Crippen LogP contribution in [0.4, 0.5) is 0 Å². The molecule has 1 amide bonds. The summed E-state index contributed by atoms with van der Waals surface area (Å²) in [6.07, 6.45) is 1.11. The van der Waals surface area contributed by atoms with Gasteiger partial charge in [-0.25, -0.2) is 0 Å². The number of carbonyl (C=O) groups excluding carboxylic acids is 1. The second-order valence-corrected chi connectivity index (χ2v) is 4.63. The number of nitrogens with one attached hydrogen (secondary N) is 2. The second-order valence-electron chi connectivity index (χ2n) is 4.63. The first-order valence-corrected chi connectivity index (χ1v) is 5.44. The highest BCUT2D eigenvalue weighted by atomic mass is 16.1. The molecule has 0 aliphatic rings. The molecule has 0 radical (unpaired) electrons. The van der Waals surface area contributed by atoms with Gasteiger partial charge in [0.25, 0.3) is 0 Å². The van der Waals surface area contributed by atoms with Crippen LogP contribution in [0.5, 0.6) is 0 Å². The molecule has 0 saturated heterocycles. The molecule has 0 fully saturated rings. The zero-order chi connectivity index (χ0) is 11.1. The lowest BCUT2D eigenvalue weighted by atomic mass is 10.1. The van der Waals surface area contributed by atoms with Crippen LogP contribution in [0.15, 0.2) is 0 Å². The van der Waals surface area contributed by atoms with Crippen molar-refractivity contribution >= 4 is 5.91 Å². The Morgan fingerprint density at radius 2 is 1.71 bits per heavy atom. The second kappa shape index (κ2) is 6.82. The van der Waals surface area contributed by atoms with Crippen LogP contribution in [0.2, 0.25) is 0 Å². The van der Waals surface area contributed by atoms with Crippen LogP contribution in [-0.4, -0.2) is 24.5 Å². The highest BCUT2D eigenvalue weighted by Crippen LogP contribution is 2.02. The Morgan fingerprint density at radius 3 is 2.14 bits per heavy atom. The van der Waals surface area contributed by atoms with Crippen molar-refractivity contribution in [2.45, 2.75) is 53.1 Å². The van der Waals surface area contributed by atoms with Crippen molar-refractivity contribution in [2.24, 2.45) is 5.92 Å². The van der Waals surface area contributed by atoms with Gasteiger partial charge in [0.1, 0.15) is 0 Å². The minimum atomic E-state index is 0.0793. The molecule has 1 unspecified atom stereocenters. The first kappa shape index (κ1) is 13.4. The average molecular weight is 200 g/mol. The summed E-state index contributed by atoms with van der Waals surface area (Å²) in [5.74, 6) is 0.751. The lowest BCUT2D eigenvalue weighted by molar-refractivity contribution is -0.120. The van der Waals surface area contributed by atoms with Crippen molar-refractivity contribution in [3.05, 3.63) is 0 Å². The fourth-order valence-corrected chi connectivity index (χ4v) is 1.43. The van der Waals surface area contributed by atoms with Crippen LogP contribution in [0.3, 0.4) is 0 Å². The summed E-state index contributed by atoms with van der Waals surface area (Å²) in [4.78, 5) is 11.3. The van der Waals surface area contributed by atoms with E-state index in [9.17, 15) is 4.79 Å². The largest absolute Gasteiger partial charge is 0.353 e. The molecule has 3 nitrogen and oxygen atoms in total. The lowest BCUT2D eigenvalue weighted by Crippen LogP contribution is -2.40. The Balaban J connectivity index is 3.56. The van der Waals surface area contributed by atoms with Crippen LogP contribution in [-0.2, 0) is 4.79 Å². The minimum absolute atomic E-state index is 0.0793. The Bertz CT molecular complexity index is 167. The molecule has 1 atom stereocenters. The van der Waals surface area contributed by atoms with Crippen LogP contribution in [0, 0.1) is 5.92 Å². The maximum Gasteiger partial charge on any atom is 0.234 e. The van der Waals surface area contributed by atoms with Crippen LogP contribution in [0.1, 0.15) is 41.0 Å². The SMILES string of the molecule is CC(C)CC(C)NCC(=O)NC(C)C. The monoisotopic (exact) mass is 200 g/mol. The van der Waals surface area contributed by atoms with Gasteiger partial charge in [0, 0.05) is 12.1 Å². The molecule has 0 heterocycles. The predicted octanol–water partition coefficient (Wildman–Crippen LogP) is 1.54. The molecule has 84 valence electrons. The van der Waals surface area contributed by atoms with E-state index in [0.717, 1.165) is 6.42 Å². The van der Waals surface area contributed by atoms with E-state index < -0.39 is 0 Å². The Morgan fingerprint density at radius 1 is 1.14 bits per heavy atom. The van der Waals surface area contributed by atoms with E-state index in [-0.39, 0.29) is 11.9 Å². The topological polar surface area (TPSA) is 41.1 Å². The van der Waals surface area contributed by atoms with E-state index >= 15 is 0 Å². The molecule has 0 aromatic heterocycles. The van der Waals surface area contributed by atoms with Crippen LogP contribution >= 0.6 is 0 Å². The molecule has 0 aromatic rings. The van der Waals surface area contributed by atoms with Gasteiger partial charge >= 0.3 is 0 Å². The molecule has 0 bridgehead atoms. The summed E-state index contributed by atoms with van der Waals surface area (Å²) in [5, 5.41) is 6.06. The number of hydrogen-bond donors (Lipinski definition) is 2. The van der Waals surface area contributed by atoms with Crippen molar-refractivity contribution in [2.75, 3.05) is 6.54 Å². The van der Waals surface area contributed by atoms with Gasteiger partial charge in [-0.2, -0.15) is 0 Å². The highest BCUT2D eigenvalue weighted by molar-refractivity contribution is 5.78. The molecule has 2 N–H and O–H groups in total. The van der Waals surface area contributed by atoms with Crippen molar-refractivity contribution in [3.63, 3.8) is 0 Å². The molecule has 14 heavy (non-hydrogen) atoms. The summed E-state index contributed by atoms with van der Waals surface area (Å²) >= 11 is 0. The number of amides is 1. The Labute approximate surface area is 87.6 Å². The standard InChI is InChI=1S/C11H24N2O/c1-8(2)6-10(5)12-7-11(14)13-9(3)4/h8-10,12H,6-7H2,1-5H3,(H,13,14). The van der Waals surface area contributed by atoms with E-state index in [1.807, 2.05) is 13.8 Å². The average Bonchev–Trinajstić information content (AvgIpc) is 1.98. The van der Waals surface area contributed by atoms with Crippen molar-refractivity contribution in [1.29, 1.82) is 0 Å². The predicted molar refractivity (Wildman–Crippen MR) is 60.2 cm³/mol. The minimum Gasteiger partial charge on any atom is -0.353 e. The molecule has 0 rings (SSSR count). The summed E-state index contributed by atoms with van der Waals surface area (Å²) < 4.78 is 0. The maximum absolute atomic E-state index is 11.3. The quantitative estimate of drug-likeness (QED) is 0.683. The van der Waals surface area contributed by atoms with E-state index in [1.165, 1.54) is 0 Å². The summed E-state index contributed by atoms with van der Waals surface area (Å²) in [6.45, 7) is 10.8. The summed E-state index contributed by atoms with van der Waals surface area (Å²) in [7, 11) is 0. The zero-order valence-electron chi connectivity index (χ0n) is 10.1. The number of rotatable bonds is 6. The van der Waals surface area contributed by atoms with Gasteiger partial charge in [0.15, 0.2) is 0 Å². The number of hydrogen-bond acceptors (Lipinski definition) is 2. The third kappa shape index (κ3) is 8.05. The molecule has 0 aliphatic heterocycles. The normalized spacial score (nSPS) is 13.4. The molecule has 0 aliphatic carbocycles. The summed E-state index contributed by atoms with van der Waals surface area (Å²) in [6, 6.07) is 0.637. The highest BCUT2D eigenvalue weighted by Gasteiger charge is 2.07. The Kier molecular flexibility index (Phi) is 6.54. The fraction of sp³-hybridized carbons (Fsp3) is 0.909. The van der Waals surface area contributed by atoms with Gasteiger partial charge in [-0.05, 0) is 33.1 Å². The van der Waals surface area contributed by atoms with Gasteiger partial charge in [-0.15, -0.1) is 0 Å². The molecule has 0 aromatic carbocycles.